The van der Waals surface area contributed by atoms with Crippen LogP contribution in [0.5, 0.6) is 11.6 Å². The molecule has 0 saturated carbocycles. The van der Waals surface area contributed by atoms with Crippen molar-refractivity contribution in [1.29, 1.82) is 0 Å². The largest absolute Gasteiger partial charge is 0.489 e. The summed E-state index contributed by atoms with van der Waals surface area (Å²) in [5.41, 5.74) is 6.58. The number of aliphatic hydroxyl groups is 1. The van der Waals surface area contributed by atoms with Gasteiger partial charge in [-0.1, -0.05) is 34.5 Å². The van der Waals surface area contributed by atoms with Gasteiger partial charge in [-0.3, -0.25) is 0 Å². The average Bonchev–Trinajstić information content (AvgIpc) is 3.19. The summed E-state index contributed by atoms with van der Waals surface area (Å²) in [5.74, 6) is -0.355. The van der Waals surface area contributed by atoms with Gasteiger partial charge in [0.15, 0.2) is 11.6 Å². The number of hydrogen-bond donors (Lipinski definition) is 2. The summed E-state index contributed by atoms with van der Waals surface area (Å²) in [6.07, 6.45) is 1.52. The van der Waals surface area contributed by atoms with Crippen LogP contribution in [0.2, 0.25) is 10.0 Å². The third kappa shape index (κ3) is 5.35. The van der Waals surface area contributed by atoms with Gasteiger partial charge in [-0.2, -0.15) is 0 Å². The van der Waals surface area contributed by atoms with Crippen LogP contribution in [0.3, 0.4) is 0 Å². The Labute approximate surface area is 186 Å². The Morgan fingerprint density at radius 3 is 2.57 bits per heavy atom. The van der Waals surface area contributed by atoms with E-state index in [0.717, 1.165) is 0 Å². The van der Waals surface area contributed by atoms with E-state index in [1.54, 1.807) is 12.3 Å². The highest BCUT2D eigenvalue weighted by atomic mass is 35.5. The number of rotatable bonds is 8. The highest BCUT2D eigenvalue weighted by Gasteiger charge is 2.17. The summed E-state index contributed by atoms with van der Waals surface area (Å²) >= 11 is 13.7. The molecule has 160 valence electrons. The van der Waals surface area contributed by atoms with Crippen molar-refractivity contribution in [3.05, 3.63) is 40.3 Å². The van der Waals surface area contributed by atoms with Crippen LogP contribution in [0.1, 0.15) is 13.8 Å². The minimum atomic E-state index is -0.629. The first-order valence-electron chi connectivity index (χ1n) is 8.93. The summed E-state index contributed by atoms with van der Waals surface area (Å²) in [6.45, 7) is 3.44. The van der Waals surface area contributed by atoms with E-state index in [1.807, 2.05) is 13.8 Å². The van der Waals surface area contributed by atoms with Gasteiger partial charge in [-0.15, -0.1) is 10.2 Å². The molecule has 1 atom stereocenters. The standard InChI is InChI=1S/C19H19Cl2FN4O3S/c1-9(2)29-17-14(21)3-10(6-24-17)18-25-26-19(30-18)12-4-15(22)16(5-13(12)20)28-8-11(23)7-27/h3-6,9,11,27H,7-8,23H2,1-2H3/t11-/m1/s1. The second-order valence-corrected chi connectivity index (χ2v) is 8.40. The molecule has 0 radical (unpaired) electrons. The molecule has 0 aliphatic heterocycles. The molecule has 0 saturated heterocycles. The van der Waals surface area contributed by atoms with Crippen molar-refractivity contribution >= 4 is 34.5 Å². The molecule has 3 rings (SSSR count). The molecule has 11 heteroatoms. The van der Waals surface area contributed by atoms with Crippen molar-refractivity contribution in [2.45, 2.75) is 26.0 Å². The van der Waals surface area contributed by atoms with Gasteiger partial charge in [-0.05, 0) is 26.0 Å². The minimum absolute atomic E-state index is 0.0453. The Morgan fingerprint density at radius 2 is 1.90 bits per heavy atom. The highest BCUT2D eigenvalue weighted by Crippen LogP contribution is 2.38. The van der Waals surface area contributed by atoms with E-state index in [9.17, 15) is 4.39 Å². The lowest BCUT2D eigenvalue weighted by Gasteiger charge is -2.12. The van der Waals surface area contributed by atoms with Crippen LogP contribution < -0.4 is 15.2 Å². The van der Waals surface area contributed by atoms with Crippen LogP contribution in [0.25, 0.3) is 21.1 Å². The molecule has 2 heterocycles. The van der Waals surface area contributed by atoms with E-state index < -0.39 is 11.9 Å². The molecule has 0 bridgehead atoms. The molecule has 0 spiro atoms. The van der Waals surface area contributed by atoms with E-state index >= 15 is 0 Å². The topological polar surface area (TPSA) is 103 Å². The lowest BCUT2D eigenvalue weighted by molar-refractivity contribution is 0.202. The van der Waals surface area contributed by atoms with Crippen LogP contribution in [-0.4, -0.2) is 45.6 Å². The van der Waals surface area contributed by atoms with E-state index in [2.05, 4.69) is 15.2 Å². The second kappa shape index (κ2) is 9.84. The lowest BCUT2D eigenvalue weighted by atomic mass is 10.2. The van der Waals surface area contributed by atoms with Crippen molar-refractivity contribution in [3.8, 4) is 32.8 Å². The summed E-state index contributed by atoms with van der Waals surface area (Å²) in [4.78, 5) is 4.22. The van der Waals surface area contributed by atoms with Crippen LogP contribution in [0.4, 0.5) is 4.39 Å². The van der Waals surface area contributed by atoms with Gasteiger partial charge in [0, 0.05) is 23.4 Å². The van der Waals surface area contributed by atoms with Crippen molar-refractivity contribution in [3.63, 3.8) is 0 Å². The zero-order chi connectivity index (χ0) is 21.8. The number of nitrogens with zero attached hydrogens (tertiary/aromatic N) is 3. The van der Waals surface area contributed by atoms with Gasteiger partial charge in [0.1, 0.15) is 21.6 Å². The third-order valence-electron chi connectivity index (χ3n) is 3.77. The first kappa shape index (κ1) is 22.6. The van der Waals surface area contributed by atoms with Crippen molar-refractivity contribution in [2.24, 2.45) is 5.73 Å². The highest BCUT2D eigenvalue weighted by molar-refractivity contribution is 7.18. The zero-order valence-electron chi connectivity index (χ0n) is 16.1. The SMILES string of the molecule is CC(C)Oc1ncc(-c2nnc(-c3cc(F)c(OC[C@H](N)CO)cc3Cl)s2)cc1Cl. The number of nitrogens with two attached hydrogens (primary N) is 1. The molecule has 7 nitrogen and oxygen atoms in total. The molecule has 0 aliphatic rings. The summed E-state index contributed by atoms with van der Waals surface area (Å²) in [7, 11) is 0. The number of hydrogen-bond acceptors (Lipinski definition) is 8. The Balaban J connectivity index is 1.84. The molecule has 0 amide bonds. The maximum Gasteiger partial charge on any atom is 0.232 e. The fourth-order valence-electron chi connectivity index (χ4n) is 2.35. The van der Waals surface area contributed by atoms with E-state index in [1.165, 1.54) is 23.5 Å². The molecule has 0 unspecified atom stereocenters. The predicted molar refractivity (Wildman–Crippen MR) is 115 cm³/mol. The van der Waals surface area contributed by atoms with Crippen LogP contribution >= 0.6 is 34.5 Å². The molecule has 3 aromatic rings. The monoisotopic (exact) mass is 472 g/mol. The quantitative estimate of drug-likeness (QED) is 0.506. The van der Waals surface area contributed by atoms with Crippen LogP contribution in [-0.2, 0) is 0 Å². The molecule has 1 aromatic carbocycles. The van der Waals surface area contributed by atoms with Gasteiger partial charge in [0.2, 0.25) is 5.88 Å². The minimum Gasteiger partial charge on any atom is -0.489 e. The summed E-state index contributed by atoms with van der Waals surface area (Å²) in [6, 6.07) is 3.62. The Bertz CT molecular complexity index is 1040. The van der Waals surface area contributed by atoms with Crippen molar-refractivity contribution < 1.29 is 19.0 Å². The fraction of sp³-hybridized carbons (Fsp3) is 0.316. The van der Waals surface area contributed by atoms with Crippen LogP contribution in [0, 0.1) is 5.82 Å². The smallest absolute Gasteiger partial charge is 0.232 e. The Hall–Kier alpha value is -2.04. The lowest BCUT2D eigenvalue weighted by Crippen LogP contribution is -2.31. The fourth-order valence-corrected chi connectivity index (χ4v) is 3.72. The van der Waals surface area contributed by atoms with Crippen molar-refractivity contribution in [1.82, 2.24) is 15.2 Å². The van der Waals surface area contributed by atoms with Gasteiger partial charge in [0.05, 0.1) is 23.8 Å². The van der Waals surface area contributed by atoms with E-state index in [-0.39, 0.29) is 30.1 Å². The van der Waals surface area contributed by atoms with E-state index in [0.29, 0.717) is 32.0 Å². The molecular formula is C19H19Cl2FN4O3S. The molecule has 3 N–H and O–H groups in total. The van der Waals surface area contributed by atoms with Gasteiger partial charge in [0.25, 0.3) is 0 Å². The molecular weight excluding hydrogens is 454 g/mol. The van der Waals surface area contributed by atoms with Gasteiger partial charge in [-0.25, -0.2) is 9.37 Å². The predicted octanol–water partition coefficient (Wildman–Crippen LogP) is 4.20. The van der Waals surface area contributed by atoms with E-state index in [4.69, 9.17) is 43.5 Å². The maximum absolute atomic E-state index is 14.4. The number of ether oxygens (including phenoxy) is 2. The molecule has 0 aliphatic carbocycles. The summed E-state index contributed by atoms with van der Waals surface area (Å²) < 4.78 is 25.2. The van der Waals surface area contributed by atoms with Crippen molar-refractivity contribution in [2.75, 3.05) is 13.2 Å². The maximum atomic E-state index is 14.4. The number of halogens is 3. The third-order valence-corrected chi connectivity index (χ3v) is 5.36. The van der Waals surface area contributed by atoms with Gasteiger partial charge < -0.3 is 20.3 Å². The first-order chi connectivity index (χ1) is 14.3. The number of benzene rings is 1. The number of pyridine rings is 1. The molecule has 0 fully saturated rings. The van der Waals surface area contributed by atoms with Gasteiger partial charge >= 0.3 is 0 Å². The summed E-state index contributed by atoms with van der Waals surface area (Å²) in [5, 5.41) is 18.7. The molecule has 2 aromatic heterocycles. The second-order valence-electron chi connectivity index (χ2n) is 6.61. The molecule has 30 heavy (non-hydrogen) atoms. The Morgan fingerprint density at radius 1 is 1.17 bits per heavy atom. The van der Waals surface area contributed by atoms with Crippen LogP contribution in [0.15, 0.2) is 24.4 Å². The Kier molecular flexibility index (Phi) is 7.43. The first-order valence-corrected chi connectivity index (χ1v) is 10.5. The number of aromatic nitrogens is 3. The normalized spacial score (nSPS) is 12.3. The zero-order valence-corrected chi connectivity index (χ0v) is 18.4. The number of aliphatic hydroxyl groups excluding tert-OH is 1. The average molecular weight is 473 g/mol.